The Balaban J connectivity index is 1.58. The number of morpholine rings is 1. The first-order valence-corrected chi connectivity index (χ1v) is 10.9. The minimum atomic E-state index is -0.211. The molecule has 0 radical (unpaired) electrons. The number of unbranched alkanes of at least 4 members (excludes halogenated alkanes) is 1. The van der Waals surface area contributed by atoms with E-state index in [1.54, 1.807) is 0 Å². The summed E-state index contributed by atoms with van der Waals surface area (Å²) in [7, 11) is 0. The summed E-state index contributed by atoms with van der Waals surface area (Å²) in [6, 6.07) is 15.4. The Morgan fingerprint density at radius 2 is 1.79 bits per heavy atom. The number of ether oxygens (including phenoxy) is 1. The maximum atomic E-state index is 13.4. The van der Waals surface area contributed by atoms with Crippen LogP contribution >= 0.6 is 12.2 Å². The molecule has 0 bridgehead atoms. The third kappa shape index (κ3) is 6.77. The number of rotatable bonds is 8. The van der Waals surface area contributed by atoms with Gasteiger partial charge in [-0.05, 0) is 54.9 Å². The van der Waals surface area contributed by atoms with E-state index in [0.717, 1.165) is 44.0 Å². The van der Waals surface area contributed by atoms with Crippen LogP contribution in [-0.2, 0) is 11.2 Å². The number of hydrogen-bond acceptors (Lipinski definition) is 2. The lowest BCUT2D eigenvalue weighted by atomic mass is 10.0. The van der Waals surface area contributed by atoms with Crippen LogP contribution in [-0.4, -0.2) is 38.0 Å². The van der Waals surface area contributed by atoms with Crippen LogP contribution in [0.3, 0.4) is 0 Å². The molecular formula is C23H31FN3OS+. The lowest BCUT2D eigenvalue weighted by Crippen LogP contribution is -3.15. The van der Waals surface area contributed by atoms with Gasteiger partial charge in [0.05, 0.1) is 19.8 Å². The fourth-order valence-corrected chi connectivity index (χ4v) is 3.88. The third-order valence-corrected chi connectivity index (χ3v) is 5.64. The van der Waals surface area contributed by atoms with Crippen LogP contribution in [0.4, 0.5) is 10.1 Å². The Kier molecular flexibility index (Phi) is 8.40. The molecule has 1 saturated heterocycles. The van der Waals surface area contributed by atoms with Crippen LogP contribution < -0.4 is 15.5 Å². The van der Waals surface area contributed by atoms with Crippen molar-refractivity contribution in [3.05, 3.63) is 65.5 Å². The van der Waals surface area contributed by atoms with Crippen LogP contribution in [0, 0.1) is 5.82 Å². The topological polar surface area (TPSA) is 37.7 Å². The van der Waals surface area contributed by atoms with E-state index in [0.29, 0.717) is 11.7 Å². The van der Waals surface area contributed by atoms with Gasteiger partial charge >= 0.3 is 0 Å². The van der Waals surface area contributed by atoms with E-state index in [2.05, 4.69) is 41.8 Å². The molecule has 1 heterocycles. The number of nitrogens with one attached hydrogen (secondary N) is 3. The highest BCUT2D eigenvalue weighted by Crippen LogP contribution is 2.13. The second-order valence-electron chi connectivity index (χ2n) is 7.51. The number of thiocarbonyl (C=S) groups is 1. The smallest absolute Gasteiger partial charge is 0.171 e. The van der Waals surface area contributed by atoms with Gasteiger partial charge in [-0.1, -0.05) is 37.6 Å². The summed E-state index contributed by atoms with van der Waals surface area (Å²) in [5.41, 5.74) is 3.45. The molecule has 29 heavy (non-hydrogen) atoms. The molecule has 0 spiro atoms. The summed E-state index contributed by atoms with van der Waals surface area (Å²) in [6.07, 6.45) is 3.52. The Hall–Kier alpha value is -2.02. The fraction of sp³-hybridized carbons (Fsp3) is 0.435. The molecule has 3 N–H and O–H groups in total. The molecule has 1 atom stereocenters. The van der Waals surface area contributed by atoms with Crippen LogP contribution in [0.5, 0.6) is 0 Å². The average molecular weight is 417 g/mol. The molecule has 1 fully saturated rings. The van der Waals surface area contributed by atoms with E-state index in [9.17, 15) is 4.39 Å². The molecule has 0 amide bonds. The van der Waals surface area contributed by atoms with Gasteiger partial charge in [0.2, 0.25) is 0 Å². The largest absolute Gasteiger partial charge is 0.370 e. The van der Waals surface area contributed by atoms with Gasteiger partial charge in [-0.25, -0.2) is 4.39 Å². The van der Waals surface area contributed by atoms with Crippen molar-refractivity contribution in [1.82, 2.24) is 5.32 Å². The van der Waals surface area contributed by atoms with E-state index in [-0.39, 0.29) is 11.9 Å². The summed E-state index contributed by atoms with van der Waals surface area (Å²) in [6.45, 7) is 6.26. The Morgan fingerprint density at radius 1 is 1.10 bits per heavy atom. The van der Waals surface area contributed by atoms with Crippen LogP contribution in [0.1, 0.15) is 36.9 Å². The molecule has 0 aliphatic carbocycles. The van der Waals surface area contributed by atoms with Crippen molar-refractivity contribution in [2.45, 2.75) is 32.2 Å². The number of quaternary nitrogens is 1. The standard InChI is InChI=1S/C23H30FN3OS/c1-2-3-4-18-5-11-21(12-6-18)26-23(29)25-17-22(27-13-15-28-16-14-27)19-7-9-20(24)10-8-19/h5-12,22H,2-4,13-17H2,1H3,(H2,25,26,29)/p+1/t22-/m1/s1. The van der Waals surface area contributed by atoms with Gasteiger partial charge < -0.3 is 20.3 Å². The van der Waals surface area contributed by atoms with Crippen molar-refractivity contribution in [3.63, 3.8) is 0 Å². The van der Waals surface area contributed by atoms with E-state index in [1.807, 2.05) is 12.1 Å². The van der Waals surface area contributed by atoms with Crippen LogP contribution in [0.25, 0.3) is 0 Å². The average Bonchev–Trinajstić information content (AvgIpc) is 2.75. The van der Waals surface area contributed by atoms with Crippen LogP contribution in [0.15, 0.2) is 48.5 Å². The first-order valence-electron chi connectivity index (χ1n) is 10.5. The molecule has 2 aromatic carbocycles. The summed E-state index contributed by atoms with van der Waals surface area (Å²) >= 11 is 5.51. The first-order chi connectivity index (χ1) is 14.2. The molecule has 0 aromatic heterocycles. The van der Waals surface area contributed by atoms with Gasteiger partial charge in [0, 0.05) is 11.3 Å². The Labute approximate surface area is 178 Å². The second-order valence-corrected chi connectivity index (χ2v) is 7.92. The lowest BCUT2D eigenvalue weighted by molar-refractivity contribution is -0.937. The van der Waals surface area contributed by atoms with Crippen molar-refractivity contribution >= 4 is 23.0 Å². The molecule has 3 rings (SSSR count). The van der Waals surface area contributed by atoms with E-state index >= 15 is 0 Å². The summed E-state index contributed by atoms with van der Waals surface area (Å²) in [5, 5.41) is 7.23. The molecule has 6 heteroatoms. The molecule has 0 saturated carbocycles. The summed E-state index contributed by atoms with van der Waals surface area (Å²) < 4.78 is 18.9. The quantitative estimate of drug-likeness (QED) is 0.578. The number of anilines is 1. The van der Waals surface area contributed by atoms with Crippen molar-refractivity contribution < 1.29 is 14.0 Å². The van der Waals surface area contributed by atoms with E-state index in [4.69, 9.17) is 17.0 Å². The maximum absolute atomic E-state index is 13.4. The molecule has 0 unspecified atom stereocenters. The highest BCUT2D eigenvalue weighted by Gasteiger charge is 2.26. The lowest BCUT2D eigenvalue weighted by Gasteiger charge is -2.32. The van der Waals surface area contributed by atoms with E-state index < -0.39 is 0 Å². The predicted octanol–water partition coefficient (Wildman–Crippen LogP) is 3.11. The van der Waals surface area contributed by atoms with Gasteiger partial charge in [-0.15, -0.1) is 0 Å². The van der Waals surface area contributed by atoms with Gasteiger partial charge in [0.25, 0.3) is 0 Å². The molecule has 4 nitrogen and oxygen atoms in total. The molecule has 1 aliphatic heterocycles. The first kappa shape index (κ1) is 21.7. The SMILES string of the molecule is CCCCc1ccc(NC(=S)NC[C@H](c2ccc(F)cc2)[NH+]2CCOCC2)cc1. The van der Waals surface area contributed by atoms with Gasteiger partial charge in [0.1, 0.15) is 24.9 Å². The zero-order chi connectivity index (χ0) is 20.5. The van der Waals surface area contributed by atoms with Gasteiger partial charge in [-0.3, -0.25) is 0 Å². The number of hydrogen-bond donors (Lipinski definition) is 3. The number of benzene rings is 2. The fourth-order valence-electron chi connectivity index (χ4n) is 3.68. The number of halogens is 1. The number of aryl methyl sites for hydroxylation is 1. The van der Waals surface area contributed by atoms with Crippen molar-refractivity contribution in [3.8, 4) is 0 Å². The highest BCUT2D eigenvalue weighted by atomic mass is 32.1. The minimum absolute atomic E-state index is 0.190. The zero-order valence-electron chi connectivity index (χ0n) is 17.0. The zero-order valence-corrected chi connectivity index (χ0v) is 17.9. The van der Waals surface area contributed by atoms with Gasteiger partial charge in [-0.2, -0.15) is 0 Å². The van der Waals surface area contributed by atoms with Crippen molar-refractivity contribution in [1.29, 1.82) is 0 Å². The molecule has 1 aliphatic rings. The third-order valence-electron chi connectivity index (χ3n) is 5.40. The molecule has 2 aromatic rings. The molecule has 156 valence electrons. The monoisotopic (exact) mass is 416 g/mol. The highest BCUT2D eigenvalue weighted by molar-refractivity contribution is 7.80. The Bertz CT molecular complexity index is 761. The maximum Gasteiger partial charge on any atom is 0.171 e. The van der Waals surface area contributed by atoms with E-state index in [1.165, 1.54) is 35.4 Å². The van der Waals surface area contributed by atoms with Crippen LogP contribution in [0.2, 0.25) is 0 Å². The molecular weight excluding hydrogens is 385 g/mol. The Morgan fingerprint density at radius 3 is 2.45 bits per heavy atom. The summed E-state index contributed by atoms with van der Waals surface area (Å²) in [5.74, 6) is -0.211. The summed E-state index contributed by atoms with van der Waals surface area (Å²) in [4.78, 5) is 1.43. The second kappa shape index (κ2) is 11.2. The van der Waals surface area contributed by atoms with Crippen molar-refractivity contribution in [2.24, 2.45) is 0 Å². The predicted molar refractivity (Wildman–Crippen MR) is 120 cm³/mol. The minimum Gasteiger partial charge on any atom is -0.370 e. The van der Waals surface area contributed by atoms with Gasteiger partial charge in [0.15, 0.2) is 5.11 Å². The van der Waals surface area contributed by atoms with Crippen molar-refractivity contribution in [2.75, 3.05) is 38.2 Å². The normalized spacial score (nSPS) is 15.7.